The number of benzene rings is 3. The van der Waals surface area contributed by atoms with Gasteiger partial charge in [-0.1, -0.05) is 42.5 Å². The average molecular weight is 431 g/mol. The molecule has 0 aliphatic carbocycles. The predicted octanol–water partition coefficient (Wildman–Crippen LogP) is 4.21. The Labute approximate surface area is 171 Å². The summed E-state index contributed by atoms with van der Waals surface area (Å²) >= 11 is 0. The van der Waals surface area contributed by atoms with E-state index in [-0.39, 0.29) is 15.5 Å². The Morgan fingerprint density at radius 2 is 1.07 bits per heavy atom. The summed E-state index contributed by atoms with van der Waals surface area (Å²) in [6, 6.07) is 18.0. The normalized spacial score (nSPS) is 11.8. The van der Waals surface area contributed by atoms with Crippen molar-refractivity contribution in [3.05, 3.63) is 83.4 Å². The molecule has 0 heterocycles. The summed E-state index contributed by atoms with van der Waals surface area (Å²) in [4.78, 5) is 0.341. The van der Waals surface area contributed by atoms with Crippen LogP contribution in [-0.2, 0) is 20.0 Å². The molecule has 2 N–H and O–H groups in total. The molecule has 0 saturated carbocycles. The second kappa shape index (κ2) is 7.88. The van der Waals surface area contributed by atoms with Crippen molar-refractivity contribution >= 4 is 31.4 Å². The highest BCUT2D eigenvalue weighted by Crippen LogP contribution is 2.26. The number of aryl methyl sites for hydroxylation is 3. The van der Waals surface area contributed by atoms with Crippen LogP contribution in [0, 0.1) is 20.8 Å². The van der Waals surface area contributed by atoms with Crippen LogP contribution in [0.4, 0.5) is 11.4 Å². The van der Waals surface area contributed by atoms with Crippen molar-refractivity contribution < 1.29 is 16.8 Å². The molecule has 0 saturated heterocycles. The summed E-state index contributed by atoms with van der Waals surface area (Å²) in [5.41, 5.74) is 2.47. The van der Waals surface area contributed by atoms with Gasteiger partial charge < -0.3 is 0 Å². The zero-order valence-electron chi connectivity index (χ0n) is 16.3. The molecule has 29 heavy (non-hydrogen) atoms. The summed E-state index contributed by atoms with van der Waals surface area (Å²) in [7, 11) is -7.62. The minimum absolute atomic E-state index is 0.169. The van der Waals surface area contributed by atoms with Gasteiger partial charge in [-0.3, -0.25) is 9.44 Å². The van der Waals surface area contributed by atoms with E-state index in [0.29, 0.717) is 22.4 Å². The van der Waals surface area contributed by atoms with E-state index in [9.17, 15) is 16.8 Å². The quantitative estimate of drug-likeness (QED) is 0.613. The van der Waals surface area contributed by atoms with E-state index >= 15 is 0 Å². The minimum atomic E-state index is -3.81. The SMILES string of the molecule is Cc1ccc(NS(=O)(=O)c2ccccc2C)cc1NS(=O)(=O)c1ccccc1C. The molecule has 152 valence electrons. The molecule has 6 nitrogen and oxygen atoms in total. The Balaban J connectivity index is 1.93. The molecular formula is C21H22N2O4S2. The molecule has 8 heteroatoms. The second-order valence-electron chi connectivity index (χ2n) is 6.77. The first-order valence-corrected chi connectivity index (χ1v) is 11.8. The lowest BCUT2D eigenvalue weighted by molar-refractivity contribution is 0.599. The van der Waals surface area contributed by atoms with Crippen molar-refractivity contribution in [3.8, 4) is 0 Å². The highest BCUT2D eigenvalue weighted by molar-refractivity contribution is 7.93. The Morgan fingerprint density at radius 3 is 1.59 bits per heavy atom. The third-order valence-corrected chi connectivity index (χ3v) is 7.57. The fourth-order valence-corrected chi connectivity index (χ4v) is 5.59. The van der Waals surface area contributed by atoms with Crippen molar-refractivity contribution in [2.24, 2.45) is 0 Å². The Morgan fingerprint density at radius 1 is 0.586 bits per heavy atom. The van der Waals surface area contributed by atoms with Crippen LogP contribution in [-0.4, -0.2) is 16.8 Å². The number of nitrogens with one attached hydrogen (secondary N) is 2. The minimum Gasteiger partial charge on any atom is -0.280 e. The van der Waals surface area contributed by atoms with Gasteiger partial charge in [-0.2, -0.15) is 0 Å². The lowest BCUT2D eigenvalue weighted by Gasteiger charge is -2.15. The molecule has 0 aliphatic heterocycles. The van der Waals surface area contributed by atoms with E-state index in [1.54, 1.807) is 69.3 Å². The molecule has 0 aromatic heterocycles. The summed E-state index contributed by atoms with van der Waals surface area (Å²) in [5, 5.41) is 0. The van der Waals surface area contributed by atoms with Gasteiger partial charge >= 0.3 is 0 Å². The fraction of sp³-hybridized carbons (Fsp3) is 0.143. The van der Waals surface area contributed by atoms with Crippen molar-refractivity contribution in [3.63, 3.8) is 0 Å². The van der Waals surface area contributed by atoms with E-state index in [1.165, 1.54) is 18.2 Å². The first-order valence-electron chi connectivity index (χ1n) is 8.88. The van der Waals surface area contributed by atoms with Crippen molar-refractivity contribution in [1.29, 1.82) is 0 Å². The van der Waals surface area contributed by atoms with Crippen molar-refractivity contribution in [2.75, 3.05) is 9.44 Å². The van der Waals surface area contributed by atoms with Crippen LogP contribution in [0.2, 0.25) is 0 Å². The van der Waals surface area contributed by atoms with Crippen molar-refractivity contribution in [2.45, 2.75) is 30.6 Å². The molecule has 3 rings (SSSR count). The maximum atomic E-state index is 12.8. The zero-order valence-corrected chi connectivity index (χ0v) is 17.9. The van der Waals surface area contributed by atoms with Crippen LogP contribution < -0.4 is 9.44 Å². The van der Waals surface area contributed by atoms with Gasteiger partial charge in [-0.05, 0) is 61.7 Å². The molecule has 0 aliphatic rings. The van der Waals surface area contributed by atoms with Crippen LogP contribution in [0.25, 0.3) is 0 Å². The van der Waals surface area contributed by atoms with Gasteiger partial charge in [0.1, 0.15) is 0 Å². The first-order chi connectivity index (χ1) is 13.6. The van der Waals surface area contributed by atoms with Gasteiger partial charge in [0.2, 0.25) is 0 Å². The third-order valence-electron chi connectivity index (χ3n) is 4.50. The summed E-state index contributed by atoms with van der Waals surface area (Å²) < 4.78 is 56.1. The highest BCUT2D eigenvalue weighted by Gasteiger charge is 2.20. The number of sulfonamides is 2. The Bertz CT molecular complexity index is 1270. The number of anilines is 2. The number of hydrogen-bond donors (Lipinski definition) is 2. The van der Waals surface area contributed by atoms with Crippen LogP contribution in [0.15, 0.2) is 76.5 Å². The monoisotopic (exact) mass is 430 g/mol. The van der Waals surface area contributed by atoms with Gasteiger partial charge in [0, 0.05) is 0 Å². The van der Waals surface area contributed by atoms with E-state index in [1.807, 2.05) is 0 Å². The lowest BCUT2D eigenvalue weighted by Crippen LogP contribution is -2.16. The van der Waals surface area contributed by atoms with E-state index < -0.39 is 20.0 Å². The van der Waals surface area contributed by atoms with Gasteiger partial charge in [0.25, 0.3) is 20.0 Å². The van der Waals surface area contributed by atoms with Gasteiger partial charge in [0.05, 0.1) is 21.2 Å². The predicted molar refractivity (Wildman–Crippen MR) is 115 cm³/mol. The fourth-order valence-electron chi connectivity index (χ4n) is 2.92. The van der Waals surface area contributed by atoms with Crippen LogP contribution in [0.1, 0.15) is 16.7 Å². The molecule has 0 fully saturated rings. The third kappa shape index (κ3) is 4.60. The lowest BCUT2D eigenvalue weighted by atomic mass is 10.2. The molecule has 3 aromatic rings. The smallest absolute Gasteiger partial charge is 0.262 e. The maximum Gasteiger partial charge on any atom is 0.262 e. The molecule has 0 unspecified atom stereocenters. The zero-order chi connectivity index (χ0) is 21.2. The molecule has 3 aromatic carbocycles. The average Bonchev–Trinajstić information content (AvgIpc) is 2.64. The topological polar surface area (TPSA) is 92.3 Å². The summed E-state index contributed by atoms with van der Waals surface area (Å²) in [6.07, 6.45) is 0. The number of rotatable bonds is 6. The second-order valence-corrected chi connectivity index (χ2v) is 10.1. The highest BCUT2D eigenvalue weighted by atomic mass is 32.2. The maximum absolute atomic E-state index is 12.8. The van der Waals surface area contributed by atoms with E-state index in [4.69, 9.17) is 0 Å². The Kier molecular flexibility index (Phi) is 5.68. The van der Waals surface area contributed by atoms with Crippen LogP contribution >= 0.6 is 0 Å². The number of hydrogen-bond acceptors (Lipinski definition) is 4. The van der Waals surface area contributed by atoms with E-state index in [2.05, 4.69) is 9.44 Å². The van der Waals surface area contributed by atoms with Gasteiger partial charge in [-0.25, -0.2) is 16.8 Å². The molecule has 0 spiro atoms. The first kappa shape index (κ1) is 20.9. The van der Waals surface area contributed by atoms with Gasteiger partial charge in [-0.15, -0.1) is 0 Å². The van der Waals surface area contributed by atoms with Crippen LogP contribution in [0.3, 0.4) is 0 Å². The van der Waals surface area contributed by atoms with Gasteiger partial charge in [0.15, 0.2) is 0 Å². The standard InChI is InChI=1S/C21H22N2O4S2/c1-15-12-13-18(22-28(24,25)20-10-6-4-8-16(20)2)14-19(15)23-29(26,27)21-11-7-5-9-17(21)3/h4-14,22-23H,1-3H3. The molecule has 0 amide bonds. The molecule has 0 atom stereocenters. The molecular weight excluding hydrogens is 408 g/mol. The largest absolute Gasteiger partial charge is 0.280 e. The molecule has 0 bridgehead atoms. The summed E-state index contributed by atoms with van der Waals surface area (Å²) in [6.45, 7) is 5.18. The molecule has 0 radical (unpaired) electrons. The van der Waals surface area contributed by atoms with Crippen molar-refractivity contribution in [1.82, 2.24) is 0 Å². The van der Waals surface area contributed by atoms with Crippen LogP contribution in [0.5, 0.6) is 0 Å². The van der Waals surface area contributed by atoms with E-state index in [0.717, 1.165) is 0 Å². The Hall–Kier alpha value is -2.84. The summed E-state index contributed by atoms with van der Waals surface area (Å²) in [5.74, 6) is 0.